The molecule has 3 aromatic carbocycles. The normalized spacial score (nSPS) is 16.2. The number of carbonyl (C=O) groups is 1. The summed E-state index contributed by atoms with van der Waals surface area (Å²) in [5.74, 6) is 1.66. The number of ether oxygens (including phenoxy) is 4. The number of anilines is 1. The summed E-state index contributed by atoms with van der Waals surface area (Å²) in [6, 6.07) is 11.4. The topological polar surface area (TPSA) is 77.5 Å². The van der Waals surface area contributed by atoms with E-state index in [0.29, 0.717) is 17.2 Å². The summed E-state index contributed by atoms with van der Waals surface area (Å²) < 4.78 is 22.3. The van der Waals surface area contributed by atoms with Gasteiger partial charge in [0.1, 0.15) is 0 Å². The van der Waals surface area contributed by atoms with Crippen LogP contribution in [0.25, 0.3) is 21.9 Å². The largest absolute Gasteiger partial charge is 0.493 e. The smallest absolute Gasteiger partial charge is 0.305 e. The first kappa shape index (κ1) is 18.4. The molecule has 154 valence electrons. The van der Waals surface area contributed by atoms with E-state index >= 15 is 0 Å². The Morgan fingerprint density at radius 1 is 1.10 bits per heavy atom. The number of rotatable bonds is 4. The van der Waals surface area contributed by atoms with Crippen LogP contribution < -0.4 is 23.8 Å². The second kappa shape index (κ2) is 6.73. The molecule has 30 heavy (non-hydrogen) atoms. The van der Waals surface area contributed by atoms with Crippen molar-refractivity contribution in [1.29, 1.82) is 0 Å². The first-order chi connectivity index (χ1) is 14.5. The Morgan fingerprint density at radius 3 is 2.53 bits per heavy atom. The molecule has 3 aromatic rings. The highest BCUT2D eigenvalue weighted by Gasteiger charge is 2.35. The van der Waals surface area contributed by atoms with E-state index < -0.39 is 12.0 Å². The molecule has 5 rings (SSSR count). The summed E-state index contributed by atoms with van der Waals surface area (Å²) in [7, 11) is 5.07. The highest BCUT2D eigenvalue weighted by Crippen LogP contribution is 2.54. The molecule has 7 heteroatoms. The predicted molar refractivity (Wildman–Crippen MR) is 112 cm³/mol. The molecule has 0 amide bonds. The van der Waals surface area contributed by atoms with E-state index in [1.807, 2.05) is 42.3 Å². The minimum Gasteiger partial charge on any atom is -0.493 e. The van der Waals surface area contributed by atoms with Crippen LogP contribution in [-0.4, -0.2) is 39.1 Å². The SMILES string of the molecule is COc1ccc2c(c1OC)C(CC(=O)O)N(C)c1c-2ccc2cc3c(cc12)OCO3. The van der Waals surface area contributed by atoms with Crippen LogP contribution in [0.5, 0.6) is 23.0 Å². The monoisotopic (exact) mass is 407 g/mol. The van der Waals surface area contributed by atoms with Crippen LogP contribution in [0.4, 0.5) is 5.69 Å². The third kappa shape index (κ3) is 2.55. The second-order valence-corrected chi connectivity index (χ2v) is 7.38. The summed E-state index contributed by atoms with van der Waals surface area (Å²) in [5, 5.41) is 11.6. The Balaban J connectivity index is 1.83. The van der Waals surface area contributed by atoms with Gasteiger partial charge in [0.25, 0.3) is 0 Å². The van der Waals surface area contributed by atoms with E-state index in [2.05, 4.69) is 6.07 Å². The van der Waals surface area contributed by atoms with Crippen molar-refractivity contribution in [3.63, 3.8) is 0 Å². The van der Waals surface area contributed by atoms with Crippen molar-refractivity contribution in [2.24, 2.45) is 0 Å². The lowest BCUT2D eigenvalue weighted by molar-refractivity contribution is -0.137. The van der Waals surface area contributed by atoms with Crippen molar-refractivity contribution in [2.45, 2.75) is 12.5 Å². The Bertz CT molecular complexity index is 1190. The standard InChI is InChI=1S/C23H21NO6/c1-24-16(10-20(25)26)21-13(6-7-17(27-2)23(21)28-3)14-5-4-12-8-18-19(30-11-29-18)9-15(12)22(14)24/h4-9,16H,10-11H2,1-3H3,(H,25,26). The van der Waals surface area contributed by atoms with Crippen LogP contribution >= 0.6 is 0 Å². The van der Waals surface area contributed by atoms with Gasteiger partial charge < -0.3 is 29.0 Å². The van der Waals surface area contributed by atoms with Gasteiger partial charge in [-0.3, -0.25) is 4.79 Å². The van der Waals surface area contributed by atoms with E-state index in [4.69, 9.17) is 18.9 Å². The number of hydrogen-bond acceptors (Lipinski definition) is 6. The number of carboxylic acid groups (broad SMARTS) is 1. The summed E-state index contributed by atoms with van der Waals surface area (Å²) in [6.07, 6.45) is -0.0760. The fourth-order valence-electron chi connectivity index (χ4n) is 4.57. The summed E-state index contributed by atoms with van der Waals surface area (Å²) in [4.78, 5) is 13.8. The molecule has 1 unspecified atom stereocenters. The molecule has 2 heterocycles. The molecule has 2 aliphatic rings. The summed E-state index contributed by atoms with van der Waals surface area (Å²) in [6.45, 7) is 0.200. The van der Waals surface area contributed by atoms with Crippen LogP contribution in [0.1, 0.15) is 18.0 Å². The van der Waals surface area contributed by atoms with Gasteiger partial charge in [-0.05, 0) is 35.2 Å². The molecule has 1 atom stereocenters. The average molecular weight is 407 g/mol. The number of methoxy groups -OCH3 is 2. The second-order valence-electron chi connectivity index (χ2n) is 7.38. The van der Waals surface area contributed by atoms with Gasteiger partial charge in [-0.25, -0.2) is 0 Å². The van der Waals surface area contributed by atoms with Crippen LogP contribution in [0.2, 0.25) is 0 Å². The van der Waals surface area contributed by atoms with Crippen LogP contribution in [-0.2, 0) is 4.79 Å². The molecule has 0 spiro atoms. The molecule has 2 aliphatic heterocycles. The molecular weight excluding hydrogens is 386 g/mol. The van der Waals surface area contributed by atoms with Crippen LogP contribution in [0.15, 0.2) is 36.4 Å². The minimum absolute atomic E-state index is 0.0760. The molecule has 7 nitrogen and oxygen atoms in total. The minimum atomic E-state index is -0.885. The van der Waals surface area contributed by atoms with Crippen molar-refractivity contribution < 1.29 is 28.8 Å². The Morgan fingerprint density at radius 2 is 1.83 bits per heavy atom. The van der Waals surface area contributed by atoms with Gasteiger partial charge in [-0.15, -0.1) is 0 Å². The number of aliphatic carboxylic acids is 1. The summed E-state index contributed by atoms with van der Waals surface area (Å²) >= 11 is 0. The molecule has 0 fully saturated rings. The lowest BCUT2D eigenvalue weighted by Crippen LogP contribution is -2.31. The quantitative estimate of drug-likeness (QED) is 0.694. The molecule has 0 saturated carbocycles. The van der Waals surface area contributed by atoms with E-state index in [9.17, 15) is 9.90 Å². The number of benzene rings is 3. The maximum absolute atomic E-state index is 11.8. The van der Waals surface area contributed by atoms with Crippen LogP contribution in [0, 0.1) is 0 Å². The first-order valence-electron chi connectivity index (χ1n) is 9.59. The zero-order valence-corrected chi connectivity index (χ0v) is 16.9. The van der Waals surface area contributed by atoms with E-state index in [-0.39, 0.29) is 13.2 Å². The number of nitrogens with zero attached hydrogens (tertiary/aromatic N) is 1. The summed E-state index contributed by atoms with van der Waals surface area (Å²) in [5.41, 5.74) is 3.71. The zero-order chi connectivity index (χ0) is 21.0. The lowest BCUT2D eigenvalue weighted by atomic mass is 9.84. The molecule has 0 saturated heterocycles. The van der Waals surface area contributed by atoms with Gasteiger partial charge in [0.2, 0.25) is 6.79 Å². The van der Waals surface area contributed by atoms with Gasteiger partial charge in [0.05, 0.1) is 32.4 Å². The van der Waals surface area contributed by atoms with Crippen molar-refractivity contribution >= 4 is 22.4 Å². The number of carboxylic acids is 1. The van der Waals surface area contributed by atoms with Gasteiger partial charge >= 0.3 is 5.97 Å². The van der Waals surface area contributed by atoms with Crippen molar-refractivity contribution in [3.8, 4) is 34.1 Å². The van der Waals surface area contributed by atoms with Gasteiger partial charge in [-0.2, -0.15) is 0 Å². The first-order valence-corrected chi connectivity index (χ1v) is 9.59. The van der Waals surface area contributed by atoms with Crippen LogP contribution in [0.3, 0.4) is 0 Å². The molecular formula is C23H21NO6. The Labute approximate surface area is 173 Å². The highest BCUT2D eigenvalue weighted by molar-refractivity contribution is 6.06. The van der Waals surface area contributed by atoms with Crippen molar-refractivity contribution in [2.75, 3.05) is 33.0 Å². The zero-order valence-electron chi connectivity index (χ0n) is 16.9. The third-order valence-corrected chi connectivity index (χ3v) is 5.88. The Kier molecular flexibility index (Phi) is 4.13. The number of fused-ring (bicyclic) bond motifs is 6. The van der Waals surface area contributed by atoms with E-state index in [1.54, 1.807) is 14.2 Å². The fraction of sp³-hybridized carbons (Fsp3) is 0.261. The molecule has 0 radical (unpaired) electrons. The van der Waals surface area contributed by atoms with E-state index in [1.165, 1.54) is 0 Å². The van der Waals surface area contributed by atoms with Gasteiger partial charge in [0, 0.05) is 23.6 Å². The van der Waals surface area contributed by atoms with Crippen molar-refractivity contribution in [3.05, 3.63) is 42.0 Å². The Hall–Kier alpha value is -3.61. The maximum Gasteiger partial charge on any atom is 0.305 e. The van der Waals surface area contributed by atoms with E-state index in [0.717, 1.165) is 38.9 Å². The molecule has 0 bridgehead atoms. The fourth-order valence-corrected chi connectivity index (χ4v) is 4.57. The third-order valence-electron chi connectivity index (χ3n) is 5.88. The predicted octanol–water partition coefficient (Wildman–Crippen LogP) is 4.22. The maximum atomic E-state index is 11.8. The van der Waals surface area contributed by atoms with Gasteiger partial charge in [0.15, 0.2) is 23.0 Å². The van der Waals surface area contributed by atoms with Gasteiger partial charge in [-0.1, -0.05) is 12.1 Å². The highest BCUT2D eigenvalue weighted by atomic mass is 16.7. The lowest BCUT2D eigenvalue weighted by Gasteiger charge is -2.39. The molecule has 0 aromatic heterocycles. The number of hydrogen-bond donors (Lipinski definition) is 1. The average Bonchev–Trinajstić information content (AvgIpc) is 3.20. The molecule has 1 N–H and O–H groups in total. The molecule has 0 aliphatic carbocycles. The van der Waals surface area contributed by atoms with Crippen molar-refractivity contribution in [1.82, 2.24) is 0 Å².